The topological polar surface area (TPSA) is 65.2 Å². The second-order valence-corrected chi connectivity index (χ2v) is 5.86. The summed E-state index contributed by atoms with van der Waals surface area (Å²) in [6, 6.07) is 21.2. The molecular formula is C19H14BFN2O2. The first-order chi connectivity index (χ1) is 12.1. The molecule has 4 nitrogen and oxygen atoms in total. The van der Waals surface area contributed by atoms with Gasteiger partial charge in [-0.15, -0.1) is 0 Å². The fourth-order valence-corrected chi connectivity index (χ4v) is 3.08. The van der Waals surface area contributed by atoms with E-state index in [0.29, 0.717) is 5.56 Å². The normalized spacial score (nSPS) is 14.4. The minimum absolute atomic E-state index is 0.178. The maximum Gasteiger partial charge on any atom is 0.491 e. The van der Waals surface area contributed by atoms with Crippen LogP contribution in [0.5, 0.6) is 0 Å². The molecule has 0 amide bonds. The van der Waals surface area contributed by atoms with Gasteiger partial charge in [-0.05, 0) is 18.2 Å². The average molecular weight is 332 g/mol. The molecule has 0 spiro atoms. The van der Waals surface area contributed by atoms with E-state index in [1.807, 2.05) is 54.6 Å². The van der Waals surface area contributed by atoms with E-state index in [-0.39, 0.29) is 5.46 Å². The quantitative estimate of drug-likeness (QED) is 0.692. The molecule has 0 unspecified atom stereocenters. The first-order valence-corrected chi connectivity index (χ1v) is 7.86. The van der Waals surface area contributed by atoms with Gasteiger partial charge < -0.3 is 10.0 Å². The van der Waals surface area contributed by atoms with Crippen LogP contribution in [0.15, 0.2) is 82.8 Å². The van der Waals surface area contributed by atoms with Gasteiger partial charge in [0.2, 0.25) is 5.66 Å². The first-order valence-electron chi connectivity index (χ1n) is 7.86. The zero-order valence-corrected chi connectivity index (χ0v) is 13.2. The molecule has 25 heavy (non-hydrogen) atoms. The molecule has 2 N–H and O–H groups in total. The van der Waals surface area contributed by atoms with Crippen LogP contribution in [-0.2, 0) is 5.66 Å². The van der Waals surface area contributed by atoms with Crippen molar-refractivity contribution >= 4 is 12.6 Å². The zero-order chi connectivity index (χ0) is 17.4. The van der Waals surface area contributed by atoms with Gasteiger partial charge in [-0.3, -0.25) is 0 Å². The SMILES string of the molecule is OB(O)c1ccc(C2(c3ccccc3)N=c3ccccc3=N2)cc1F. The van der Waals surface area contributed by atoms with E-state index in [9.17, 15) is 14.4 Å². The number of para-hydroxylation sites is 2. The van der Waals surface area contributed by atoms with Gasteiger partial charge in [0, 0.05) is 16.6 Å². The van der Waals surface area contributed by atoms with Crippen LogP contribution in [0.4, 0.5) is 4.39 Å². The van der Waals surface area contributed by atoms with Gasteiger partial charge in [-0.2, -0.15) is 0 Å². The Kier molecular flexibility index (Phi) is 3.71. The third kappa shape index (κ3) is 2.56. The van der Waals surface area contributed by atoms with Crippen LogP contribution < -0.4 is 16.2 Å². The summed E-state index contributed by atoms with van der Waals surface area (Å²) < 4.78 is 14.4. The van der Waals surface area contributed by atoms with Gasteiger partial charge in [0.15, 0.2) is 0 Å². The van der Waals surface area contributed by atoms with Gasteiger partial charge >= 0.3 is 7.12 Å². The van der Waals surface area contributed by atoms with Gasteiger partial charge in [-0.25, -0.2) is 14.4 Å². The fourth-order valence-electron chi connectivity index (χ4n) is 3.08. The molecule has 0 saturated carbocycles. The average Bonchev–Trinajstić information content (AvgIpc) is 3.03. The summed E-state index contributed by atoms with van der Waals surface area (Å²) in [4.78, 5) is 9.56. The van der Waals surface area contributed by atoms with Crippen molar-refractivity contribution in [3.8, 4) is 0 Å². The minimum Gasteiger partial charge on any atom is -0.423 e. The van der Waals surface area contributed by atoms with Crippen LogP contribution >= 0.6 is 0 Å². The highest BCUT2D eigenvalue weighted by Crippen LogP contribution is 2.35. The van der Waals surface area contributed by atoms with E-state index in [4.69, 9.17) is 9.98 Å². The van der Waals surface area contributed by atoms with E-state index in [2.05, 4.69) is 0 Å². The summed E-state index contributed by atoms with van der Waals surface area (Å²) in [5.74, 6) is -0.704. The van der Waals surface area contributed by atoms with Gasteiger partial charge in [0.25, 0.3) is 0 Å². The lowest BCUT2D eigenvalue weighted by Gasteiger charge is -2.25. The number of hydrogen-bond acceptors (Lipinski definition) is 4. The maximum absolute atomic E-state index is 14.4. The summed E-state index contributed by atoms with van der Waals surface area (Å²) in [7, 11) is -1.86. The highest BCUT2D eigenvalue weighted by Gasteiger charge is 2.36. The van der Waals surface area contributed by atoms with Crippen molar-refractivity contribution in [1.82, 2.24) is 0 Å². The van der Waals surface area contributed by atoms with Crippen molar-refractivity contribution in [3.63, 3.8) is 0 Å². The van der Waals surface area contributed by atoms with Crippen molar-refractivity contribution < 1.29 is 14.4 Å². The van der Waals surface area contributed by atoms with E-state index in [1.54, 1.807) is 6.07 Å². The number of hydrogen-bond donors (Lipinski definition) is 2. The molecule has 4 rings (SSSR count). The smallest absolute Gasteiger partial charge is 0.423 e. The number of halogens is 1. The Balaban J connectivity index is 1.98. The Morgan fingerprint density at radius 1 is 0.760 bits per heavy atom. The van der Waals surface area contributed by atoms with Crippen LogP contribution in [0.25, 0.3) is 0 Å². The summed E-state index contributed by atoms with van der Waals surface area (Å²) in [5, 5.41) is 20.0. The molecule has 3 aromatic rings. The third-order valence-corrected chi connectivity index (χ3v) is 4.30. The molecule has 3 aromatic carbocycles. The van der Waals surface area contributed by atoms with Crippen molar-refractivity contribution in [3.05, 3.63) is 100 Å². The molecule has 122 valence electrons. The van der Waals surface area contributed by atoms with Crippen LogP contribution in [0, 0.1) is 5.82 Å². The maximum atomic E-state index is 14.4. The number of nitrogens with zero attached hydrogens (tertiary/aromatic N) is 2. The fraction of sp³-hybridized carbons (Fsp3) is 0.0526. The summed E-state index contributed by atoms with van der Waals surface area (Å²) in [5.41, 5.74) is 0.0623. The van der Waals surface area contributed by atoms with Gasteiger partial charge in [0.05, 0.1) is 10.7 Å². The molecule has 0 saturated heterocycles. The molecule has 1 aliphatic heterocycles. The molecule has 0 radical (unpaired) electrons. The summed E-state index contributed by atoms with van der Waals surface area (Å²) >= 11 is 0. The second kappa shape index (κ2) is 5.91. The minimum atomic E-state index is -1.86. The molecule has 1 aliphatic rings. The van der Waals surface area contributed by atoms with Crippen molar-refractivity contribution in [2.75, 3.05) is 0 Å². The predicted molar refractivity (Wildman–Crippen MR) is 92.2 cm³/mol. The van der Waals surface area contributed by atoms with Crippen LogP contribution in [0.3, 0.4) is 0 Å². The van der Waals surface area contributed by atoms with Gasteiger partial charge in [-0.1, -0.05) is 54.6 Å². The van der Waals surface area contributed by atoms with Crippen molar-refractivity contribution in [2.24, 2.45) is 9.98 Å². The monoisotopic (exact) mass is 332 g/mol. The zero-order valence-electron chi connectivity index (χ0n) is 13.2. The highest BCUT2D eigenvalue weighted by molar-refractivity contribution is 6.58. The van der Waals surface area contributed by atoms with Crippen LogP contribution in [0.1, 0.15) is 11.1 Å². The number of fused-ring (bicyclic) bond motifs is 1. The van der Waals surface area contributed by atoms with Crippen molar-refractivity contribution in [2.45, 2.75) is 5.66 Å². The van der Waals surface area contributed by atoms with E-state index < -0.39 is 18.6 Å². The van der Waals surface area contributed by atoms with Crippen molar-refractivity contribution in [1.29, 1.82) is 0 Å². The lowest BCUT2D eigenvalue weighted by atomic mass is 9.78. The molecule has 6 heteroatoms. The van der Waals surface area contributed by atoms with E-state index in [0.717, 1.165) is 16.3 Å². The third-order valence-electron chi connectivity index (χ3n) is 4.30. The highest BCUT2D eigenvalue weighted by atomic mass is 19.1. The second-order valence-electron chi connectivity index (χ2n) is 5.86. The largest absolute Gasteiger partial charge is 0.491 e. The van der Waals surface area contributed by atoms with E-state index in [1.165, 1.54) is 12.1 Å². The molecule has 0 aliphatic carbocycles. The molecular weight excluding hydrogens is 318 g/mol. The first kappa shape index (κ1) is 15.7. The standard InChI is InChI=1S/C19H14BFN2O2/c21-16-12-14(10-11-15(16)20(24)25)19(13-6-2-1-3-7-13)22-17-8-4-5-9-18(17)23-19/h1-12,24-25H. The van der Waals surface area contributed by atoms with E-state index >= 15 is 0 Å². The molecule has 0 fully saturated rings. The Hall–Kier alpha value is -2.83. The Bertz CT molecular complexity index is 1020. The number of rotatable bonds is 3. The summed E-state index contributed by atoms with van der Waals surface area (Å²) in [6.07, 6.45) is 0. The Morgan fingerprint density at radius 3 is 1.92 bits per heavy atom. The summed E-state index contributed by atoms with van der Waals surface area (Å²) in [6.45, 7) is 0. The Labute approximate surface area is 143 Å². The van der Waals surface area contributed by atoms with Crippen LogP contribution in [0.2, 0.25) is 0 Å². The number of benzene rings is 3. The molecule has 0 bridgehead atoms. The van der Waals surface area contributed by atoms with Crippen LogP contribution in [-0.4, -0.2) is 17.2 Å². The molecule has 0 aromatic heterocycles. The Morgan fingerprint density at radius 2 is 1.36 bits per heavy atom. The molecule has 0 atom stereocenters. The molecule has 1 heterocycles. The lowest BCUT2D eigenvalue weighted by Crippen LogP contribution is -2.33. The predicted octanol–water partition coefficient (Wildman–Crippen LogP) is 0.660. The van der Waals surface area contributed by atoms with Gasteiger partial charge in [0.1, 0.15) is 5.82 Å². The lowest BCUT2D eigenvalue weighted by molar-refractivity contribution is 0.422.